The van der Waals surface area contributed by atoms with Gasteiger partial charge < -0.3 is 66.8 Å². The Morgan fingerprint density at radius 3 is 0.258 bits per heavy atom. The second-order valence-electron chi connectivity index (χ2n) is 1.41. The van der Waals surface area contributed by atoms with Crippen molar-refractivity contribution in [1.82, 2.24) is 0 Å². The molecule has 0 aliphatic carbocycles. The summed E-state index contributed by atoms with van der Waals surface area (Å²) >= 11 is 0. The molecule has 0 heterocycles. The number of hydrogen-bond donors (Lipinski definition) is 10. The average Bonchev–Trinajstić information content (AvgIpc) is 1.94. The zero-order valence-electron chi connectivity index (χ0n) is 31.0. The third-order valence-electron chi connectivity index (χ3n) is 0. The molecule has 0 amide bonds. The first-order valence-corrected chi connectivity index (χ1v) is 3.26. The summed E-state index contributed by atoms with van der Waals surface area (Å²) in [7, 11) is 0. The van der Waals surface area contributed by atoms with Crippen molar-refractivity contribution in [1.29, 1.82) is 0 Å². The van der Waals surface area contributed by atoms with Crippen LogP contribution in [0.15, 0.2) is 0 Å². The van der Waals surface area contributed by atoms with E-state index >= 15 is 0 Å². The number of hydrogen-bond acceptors (Lipinski definition) is 5. The van der Waals surface area contributed by atoms with Crippen molar-refractivity contribution in [3.63, 3.8) is 0 Å². The van der Waals surface area contributed by atoms with Crippen LogP contribution in [0.25, 0.3) is 0 Å². The predicted molar refractivity (Wildman–Crippen MR) is 65.5 cm³/mol. The molecule has 0 aromatic rings. The molecule has 0 saturated heterocycles. The summed E-state index contributed by atoms with van der Waals surface area (Å²) < 4.78 is 0. The van der Waals surface area contributed by atoms with E-state index in [1.807, 2.05) is 0 Å². The Balaban J connectivity index is -0.00000000237. The van der Waals surface area contributed by atoms with Gasteiger partial charge in [-0.25, -0.2) is 24.0 Å². The van der Waals surface area contributed by atoms with Crippen LogP contribution in [0.5, 0.6) is 0 Å². The fraction of sp³-hybridized carbons (Fsp3) is 0. The van der Waals surface area contributed by atoms with E-state index in [-0.39, 0.29) is 341 Å². The molecule has 26 heteroatoms. The summed E-state index contributed by atoms with van der Waals surface area (Å²) in [5.41, 5.74) is 0. The summed E-state index contributed by atoms with van der Waals surface area (Å²) in [6.45, 7) is 0. The standard InChI is InChI=1S/5CH2O3.11Na.11H/c5*2-1(3)4;;;;;;;;;;;;;;;;;;;;;;/h5*(H2,2,3,4);;;;;;;;;;;;;;;;;;;;;;/q;;;;;11*+1;11*-1. The van der Waals surface area contributed by atoms with E-state index in [1.165, 1.54) is 0 Å². The molecule has 142 valence electrons. The van der Waals surface area contributed by atoms with Gasteiger partial charge in [0, 0.05) is 0 Å². The van der Waals surface area contributed by atoms with Gasteiger partial charge in [0.1, 0.15) is 0 Å². The molecule has 0 aromatic carbocycles. The molecule has 0 aliphatic heterocycles. The Kier molecular flexibility index (Phi) is 341. The Labute approximate surface area is 436 Å². The SMILES string of the molecule is O=C(O)O.O=C(O)O.O=C(O)O.O=C(O)O.O=C(O)O.[H-].[H-].[H-].[H-].[H-].[H-].[H-].[H-].[H-].[H-].[H-].[Na+].[Na+].[Na+].[Na+].[Na+].[Na+].[Na+].[Na+].[Na+].[Na+].[Na+]. The van der Waals surface area contributed by atoms with Crippen LogP contribution >= 0.6 is 0 Å². The first-order chi connectivity index (χ1) is 8.66. The van der Waals surface area contributed by atoms with E-state index in [9.17, 15) is 0 Å². The van der Waals surface area contributed by atoms with E-state index in [4.69, 9.17) is 75.0 Å². The summed E-state index contributed by atoms with van der Waals surface area (Å²) in [5, 5.41) is 69.7. The number of carboxylic acid groups (broad SMARTS) is 10. The van der Waals surface area contributed by atoms with Gasteiger partial charge in [0.25, 0.3) is 0 Å². The Morgan fingerprint density at radius 2 is 0.258 bits per heavy atom. The van der Waals surface area contributed by atoms with Crippen molar-refractivity contribution >= 4 is 30.8 Å². The summed E-state index contributed by atoms with van der Waals surface area (Å²) in [6.07, 6.45) is -9.17. The average molecular weight is 574 g/mol. The third-order valence-corrected chi connectivity index (χ3v) is 0. The Morgan fingerprint density at radius 1 is 0.258 bits per heavy atom. The van der Waals surface area contributed by atoms with E-state index < -0.39 is 30.8 Å². The van der Waals surface area contributed by atoms with E-state index in [0.717, 1.165) is 0 Å². The first-order valence-electron chi connectivity index (χ1n) is 3.26. The van der Waals surface area contributed by atoms with Gasteiger partial charge in [0.2, 0.25) is 0 Å². The van der Waals surface area contributed by atoms with E-state index in [1.54, 1.807) is 0 Å². The summed E-state index contributed by atoms with van der Waals surface area (Å²) in [4.78, 5) is 42.8. The smallest absolute Gasteiger partial charge is 1.00 e. The van der Waals surface area contributed by atoms with Crippen LogP contribution in [-0.2, 0) is 0 Å². The molecule has 0 spiro atoms. The fourth-order valence-electron chi connectivity index (χ4n) is 0. The summed E-state index contributed by atoms with van der Waals surface area (Å²) in [6, 6.07) is 0. The van der Waals surface area contributed by atoms with Gasteiger partial charge in [-0.1, -0.05) is 0 Å². The molecule has 31 heavy (non-hydrogen) atoms. The Hall–Kier alpha value is 7.35. The molecule has 0 rings (SSSR count). The second-order valence-corrected chi connectivity index (χ2v) is 1.41. The normalized spacial score (nSPS) is 3.87. The van der Waals surface area contributed by atoms with E-state index in [0.29, 0.717) is 0 Å². The molecule has 0 unspecified atom stereocenters. The molecule has 0 fully saturated rings. The van der Waals surface area contributed by atoms with Crippen LogP contribution in [0.4, 0.5) is 24.0 Å². The van der Waals surface area contributed by atoms with Crippen LogP contribution < -0.4 is 325 Å². The van der Waals surface area contributed by atoms with Gasteiger partial charge in [-0.05, 0) is 0 Å². The van der Waals surface area contributed by atoms with Crippen LogP contribution in [0.1, 0.15) is 15.7 Å². The molecule has 0 aromatic heterocycles. The zero-order valence-corrected chi connectivity index (χ0v) is 42.0. The van der Waals surface area contributed by atoms with Crippen molar-refractivity contribution in [3.8, 4) is 0 Å². The molecule has 0 aliphatic rings. The van der Waals surface area contributed by atoms with Crippen LogP contribution in [0, 0.1) is 0 Å². The molecule has 0 radical (unpaired) electrons. The molecule has 0 atom stereocenters. The quantitative estimate of drug-likeness (QED) is 0.120. The number of carbonyl (C=O) groups is 5. The van der Waals surface area contributed by atoms with Gasteiger partial charge in [0.15, 0.2) is 0 Å². The molecule has 0 saturated carbocycles. The van der Waals surface area contributed by atoms with Gasteiger partial charge in [0.05, 0.1) is 0 Å². The van der Waals surface area contributed by atoms with Crippen molar-refractivity contribution in [2.75, 3.05) is 0 Å². The minimum Gasteiger partial charge on any atom is -1.00 e. The van der Waals surface area contributed by atoms with Crippen molar-refractivity contribution in [3.05, 3.63) is 0 Å². The van der Waals surface area contributed by atoms with Crippen LogP contribution in [-0.4, -0.2) is 81.8 Å². The third kappa shape index (κ3) is 864. The second kappa shape index (κ2) is 98.8. The van der Waals surface area contributed by atoms with Gasteiger partial charge in [-0.15, -0.1) is 0 Å². The topological polar surface area (TPSA) is 288 Å². The van der Waals surface area contributed by atoms with Crippen molar-refractivity contribution in [2.24, 2.45) is 0 Å². The van der Waals surface area contributed by atoms with Gasteiger partial charge >= 0.3 is 356 Å². The summed E-state index contributed by atoms with van der Waals surface area (Å²) in [5.74, 6) is 0. The van der Waals surface area contributed by atoms with Gasteiger partial charge in [-0.3, -0.25) is 0 Å². The molecule has 0 bridgehead atoms. The maximum Gasteiger partial charge on any atom is 1.00 e. The van der Waals surface area contributed by atoms with Gasteiger partial charge in [-0.2, -0.15) is 0 Å². The molecular formula is C5H21Na11O15. The first kappa shape index (κ1) is 107. The zero-order chi connectivity index (χ0) is 17.9. The Bertz CT molecular complexity index is 265. The fourth-order valence-corrected chi connectivity index (χ4v) is 0. The molecular weight excluding hydrogens is 553 g/mol. The van der Waals surface area contributed by atoms with Crippen molar-refractivity contribution < 1.29 is 416 Å². The number of rotatable bonds is 0. The maximum atomic E-state index is 8.56. The minimum atomic E-state index is -1.83. The molecule has 15 nitrogen and oxygen atoms in total. The van der Waals surface area contributed by atoms with Crippen LogP contribution in [0.2, 0.25) is 0 Å². The molecule has 10 N–H and O–H groups in total. The van der Waals surface area contributed by atoms with E-state index in [2.05, 4.69) is 0 Å². The predicted octanol–water partition coefficient (Wildman–Crippen LogP) is -30.6. The monoisotopic (exact) mass is 574 g/mol. The minimum absolute atomic E-state index is 0. The van der Waals surface area contributed by atoms with Crippen LogP contribution in [0.3, 0.4) is 0 Å². The van der Waals surface area contributed by atoms with Crippen molar-refractivity contribution in [2.45, 2.75) is 0 Å². The maximum absolute atomic E-state index is 8.56. The largest absolute Gasteiger partial charge is 1.00 e.